The first-order chi connectivity index (χ1) is 8.41. The lowest BCUT2D eigenvalue weighted by Crippen LogP contribution is -2.47. The molecule has 0 spiro atoms. The summed E-state index contributed by atoms with van der Waals surface area (Å²) >= 11 is 3.40. The van der Waals surface area contributed by atoms with E-state index in [1.807, 2.05) is 24.3 Å². The molecular formula is C13H17BrN2O2. The van der Waals surface area contributed by atoms with Gasteiger partial charge in [-0.1, -0.05) is 48.0 Å². The largest absolute Gasteiger partial charge is 0.368 e. The predicted molar refractivity (Wildman–Crippen MR) is 73.8 cm³/mol. The van der Waals surface area contributed by atoms with Gasteiger partial charge in [-0.15, -0.1) is 0 Å². The van der Waals surface area contributed by atoms with Crippen LogP contribution in [0.15, 0.2) is 28.7 Å². The normalized spacial score (nSPS) is 12.2. The van der Waals surface area contributed by atoms with Crippen molar-refractivity contribution in [1.29, 1.82) is 0 Å². The lowest BCUT2D eigenvalue weighted by molar-refractivity contribution is -0.129. The van der Waals surface area contributed by atoms with Crippen molar-refractivity contribution in [3.05, 3.63) is 34.3 Å². The van der Waals surface area contributed by atoms with Gasteiger partial charge in [-0.3, -0.25) is 9.59 Å². The Morgan fingerprint density at radius 1 is 1.33 bits per heavy atom. The summed E-state index contributed by atoms with van der Waals surface area (Å²) in [4.78, 5) is 23.0. The Labute approximate surface area is 115 Å². The highest BCUT2D eigenvalue weighted by atomic mass is 79.9. The van der Waals surface area contributed by atoms with Crippen LogP contribution in [0.3, 0.4) is 0 Å². The molecule has 1 aromatic rings. The quantitative estimate of drug-likeness (QED) is 0.867. The van der Waals surface area contributed by atoms with Gasteiger partial charge in [-0.25, -0.2) is 0 Å². The minimum Gasteiger partial charge on any atom is -0.368 e. The molecule has 4 nitrogen and oxygen atoms in total. The van der Waals surface area contributed by atoms with Gasteiger partial charge in [-0.05, 0) is 11.6 Å². The van der Waals surface area contributed by atoms with Crippen molar-refractivity contribution in [2.75, 3.05) is 0 Å². The van der Waals surface area contributed by atoms with Crippen LogP contribution in [-0.2, 0) is 16.0 Å². The van der Waals surface area contributed by atoms with E-state index in [0.29, 0.717) is 6.42 Å². The predicted octanol–water partition coefficient (Wildman–Crippen LogP) is 1.62. The molecular weight excluding hydrogens is 296 g/mol. The number of hydrogen-bond donors (Lipinski definition) is 2. The van der Waals surface area contributed by atoms with Crippen LogP contribution >= 0.6 is 15.9 Å². The van der Waals surface area contributed by atoms with Crippen molar-refractivity contribution in [1.82, 2.24) is 5.32 Å². The molecule has 0 aliphatic heterocycles. The molecule has 2 amide bonds. The third kappa shape index (κ3) is 4.14. The van der Waals surface area contributed by atoms with Gasteiger partial charge < -0.3 is 11.1 Å². The van der Waals surface area contributed by atoms with Gasteiger partial charge in [0.1, 0.15) is 6.04 Å². The number of nitrogens with one attached hydrogen (secondary N) is 1. The van der Waals surface area contributed by atoms with Crippen LogP contribution < -0.4 is 11.1 Å². The summed E-state index contributed by atoms with van der Waals surface area (Å²) in [7, 11) is 0. The molecule has 18 heavy (non-hydrogen) atoms. The Balaban J connectivity index is 2.79. The van der Waals surface area contributed by atoms with Crippen molar-refractivity contribution >= 4 is 27.7 Å². The number of amides is 2. The van der Waals surface area contributed by atoms with Gasteiger partial charge in [0.05, 0.1) is 0 Å². The second-order valence-corrected chi connectivity index (χ2v) is 5.27. The Kier molecular flexibility index (Phi) is 5.34. The van der Waals surface area contributed by atoms with E-state index in [9.17, 15) is 9.59 Å². The number of rotatable bonds is 5. The first-order valence-corrected chi connectivity index (χ1v) is 6.54. The fraction of sp³-hybridized carbons (Fsp3) is 0.385. The van der Waals surface area contributed by atoms with E-state index in [-0.39, 0.29) is 11.8 Å². The van der Waals surface area contributed by atoms with Gasteiger partial charge in [0.2, 0.25) is 11.8 Å². The zero-order chi connectivity index (χ0) is 13.7. The molecule has 0 saturated carbocycles. The minimum atomic E-state index is -0.682. The molecule has 0 unspecified atom stereocenters. The third-order valence-electron chi connectivity index (χ3n) is 2.57. The zero-order valence-corrected chi connectivity index (χ0v) is 12.0. The first-order valence-electron chi connectivity index (χ1n) is 5.75. The number of carbonyl (C=O) groups is 2. The fourth-order valence-corrected chi connectivity index (χ4v) is 1.89. The van der Waals surface area contributed by atoms with Crippen LogP contribution in [0.25, 0.3) is 0 Å². The van der Waals surface area contributed by atoms with Gasteiger partial charge in [0, 0.05) is 16.8 Å². The molecule has 5 heteroatoms. The molecule has 0 saturated heterocycles. The van der Waals surface area contributed by atoms with Crippen LogP contribution in [0.1, 0.15) is 19.4 Å². The van der Waals surface area contributed by atoms with Gasteiger partial charge >= 0.3 is 0 Å². The molecule has 1 rings (SSSR count). The highest BCUT2D eigenvalue weighted by Gasteiger charge is 2.20. The van der Waals surface area contributed by atoms with Gasteiger partial charge in [0.25, 0.3) is 0 Å². The Morgan fingerprint density at radius 2 is 1.94 bits per heavy atom. The number of hydrogen-bond acceptors (Lipinski definition) is 2. The molecule has 0 heterocycles. The second-order valence-electron chi connectivity index (χ2n) is 4.41. The average molecular weight is 313 g/mol. The summed E-state index contributed by atoms with van der Waals surface area (Å²) in [5, 5.41) is 2.66. The molecule has 0 radical (unpaired) electrons. The molecule has 1 atom stereocenters. The van der Waals surface area contributed by atoms with Crippen LogP contribution in [-0.4, -0.2) is 17.9 Å². The highest BCUT2D eigenvalue weighted by Crippen LogP contribution is 2.17. The van der Waals surface area contributed by atoms with E-state index < -0.39 is 11.9 Å². The lowest BCUT2D eigenvalue weighted by Gasteiger charge is -2.17. The molecule has 98 valence electrons. The molecule has 1 aromatic carbocycles. The maximum absolute atomic E-state index is 11.6. The second kappa shape index (κ2) is 6.54. The van der Waals surface area contributed by atoms with Gasteiger partial charge in [0.15, 0.2) is 0 Å². The molecule has 0 bridgehead atoms. The number of halogens is 1. The summed E-state index contributed by atoms with van der Waals surface area (Å²) in [6, 6.07) is 6.86. The van der Waals surface area contributed by atoms with Crippen molar-refractivity contribution < 1.29 is 9.59 Å². The Morgan fingerprint density at radius 3 is 2.44 bits per heavy atom. The lowest BCUT2D eigenvalue weighted by atomic mass is 10.0. The van der Waals surface area contributed by atoms with Crippen molar-refractivity contribution in [2.24, 2.45) is 11.7 Å². The summed E-state index contributed by atoms with van der Waals surface area (Å²) in [5.74, 6) is -0.878. The van der Waals surface area contributed by atoms with Gasteiger partial charge in [-0.2, -0.15) is 0 Å². The number of benzene rings is 1. The number of carbonyl (C=O) groups excluding carboxylic acids is 2. The van der Waals surface area contributed by atoms with Crippen molar-refractivity contribution in [3.8, 4) is 0 Å². The van der Waals surface area contributed by atoms with E-state index >= 15 is 0 Å². The molecule has 3 N–H and O–H groups in total. The number of nitrogens with two attached hydrogens (primary N) is 1. The van der Waals surface area contributed by atoms with Crippen molar-refractivity contribution in [3.63, 3.8) is 0 Å². The summed E-state index contributed by atoms with van der Waals surface area (Å²) in [5.41, 5.74) is 6.25. The summed E-state index contributed by atoms with van der Waals surface area (Å²) in [6.45, 7) is 3.54. The SMILES string of the molecule is CC(C)C(=O)N[C@H](Cc1ccccc1Br)C(N)=O. The van der Waals surface area contributed by atoms with Crippen LogP contribution in [0.5, 0.6) is 0 Å². The van der Waals surface area contributed by atoms with Crippen LogP contribution in [0, 0.1) is 5.92 Å². The molecule has 0 aliphatic rings. The van der Waals surface area contributed by atoms with Crippen LogP contribution in [0.4, 0.5) is 0 Å². The van der Waals surface area contributed by atoms with E-state index in [1.165, 1.54) is 0 Å². The monoisotopic (exact) mass is 312 g/mol. The van der Waals surface area contributed by atoms with E-state index in [0.717, 1.165) is 10.0 Å². The standard InChI is InChI=1S/C13H17BrN2O2/c1-8(2)13(18)16-11(12(15)17)7-9-5-3-4-6-10(9)14/h3-6,8,11H,7H2,1-2H3,(H2,15,17)(H,16,18)/t11-/m1/s1. The molecule has 0 fully saturated rings. The minimum absolute atomic E-state index is 0.175. The topological polar surface area (TPSA) is 72.2 Å². The average Bonchev–Trinajstić information content (AvgIpc) is 2.30. The highest BCUT2D eigenvalue weighted by molar-refractivity contribution is 9.10. The fourth-order valence-electron chi connectivity index (χ4n) is 1.44. The molecule has 0 aromatic heterocycles. The Hall–Kier alpha value is -1.36. The summed E-state index contributed by atoms with van der Waals surface area (Å²) in [6.07, 6.45) is 0.384. The first kappa shape index (κ1) is 14.7. The summed E-state index contributed by atoms with van der Waals surface area (Å²) < 4.78 is 0.898. The maximum atomic E-state index is 11.6. The van der Waals surface area contributed by atoms with E-state index in [4.69, 9.17) is 5.73 Å². The van der Waals surface area contributed by atoms with E-state index in [2.05, 4.69) is 21.2 Å². The van der Waals surface area contributed by atoms with Crippen molar-refractivity contribution in [2.45, 2.75) is 26.3 Å². The number of primary amides is 1. The third-order valence-corrected chi connectivity index (χ3v) is 3.34. The molecule has 0 aliphatic carbocycles. The van der Waals surface area contributed by atoms with E-state index in [1.54, 1.807) is 13.8 Å². The zero-order valence-electron chi connectivity index (χ0n) is 10.4. The maximum Gasteiger partial charge on any atom is 0.240 e. The Bertz CT molecular complexity index is 446. The van der Waals surface area contributed by atoms with Crippen LogP contribution in [0.2, 0.25) is 0 Å². The smallest absolute Gasteiger partial charge is 0.240 e.